The van der Waals surface area contributed by atoms with E-state index in [1.807, 2.05) is 0 Å². The van der Waals surface area contributed by atoms with Crippen molar-refractivity contribution in [1.82, 2.24) is 4.98 Å². The molecule has 106 valence electrons. The highest BCUT2D eigenvalue weighted by Gasteiger charge is 2.32. The third kappa shape index (κ3) is 5.38. The Bertz CT molecular complexity index is 392. The van der Waals surface area contributed by atoms with Crippen LogP contribution in [0.25, 0.3) is 0 Å². The smallest absolute Gasteiger partial charge is 0.321 e. The van der Waals surface area contributed by atoms with E-state index in [2.05, 4.69) is 4.98 Å². The first-order valence-corrected chi connectivity index (χ1v) is 7.07. The molecule has 0 aliphatic rings. The molecule has 19 heavy (non-hydrogen) atoms. The van der Waals surface area contributed by atoms with Crippen molar-refractivity contribution in [1.29, 1.82) is 0 Å². The number of hydrogen-bond donors (Lipinski definition) is 0. The van der Waals surface area contributed by atoms with Crippen molar-refractivity contribution >= 4 is 23.3 Å². The van der Waals surface area contributed by atoms with Crippen molar-refractivity contribution in [2.75, 3.05) is 0 Å². The van der Waals surface area contributed by atoms with E-state index in [4.69, 9.17) is 9.47 Å². The van der Waals surface area contributed by atoms with Crippen LogP contribution in [0.3, 0.4) is 0 Å². The van der Waals surface area contributed by atoms with Crippen LogP contribution in [0.5, 0.6) is 0 Å². The normalized spacial score (nSPS) is 11.1. The van der Waals surface area contributed by atoms with Crippen molar-refractivity contribution in [3.63, 3.8) is 0 Å². The summed E-state index contributed by atoms with van der Waals surface area (Å²) >= 11 is 1.40. The lowest BCUT2D eigenvalue weighted by Gasteiger charge is -2.17. The van der Waals surface area contributed by atoms with Crippen LogP contribution < -0.4 is 0 Å². The highest BCUT2D eigenvalue weighted by atomic mass is 32.1. The molecule has 0 N–H and O–H groups in total. The minimum Gasteiger partial charge on any atom is -0.462 e. The maximum absolute atomic E-state index is 12.0. The third-order valence-corrected chi connectivity index (χ3v) is 2.94. The summed E-state index contributed by atoms with van der Waals surface area (Å²) in [5.74, 6) is -2.07. The lowest BCUT2D eigenvalue weighted by atomic mass is 10.1. The van der Waals surface area contributed by atoms with Crippen LogP contribution in [0.15, 0.2) is 11.6 Å². The fourth-order valence-corrected chi connectivity index (χ4v) is 2.08. The van der Waals surface area contributed by atoms with Crippen molar-refractivity contribution in [3.05, 3.63) is 16.6 Å². The van der Waals surface area contributed by atoms with Gasteiger partial charge in [-0.05, 0) is 27.7 Å². The van der Waals surface area contributed by atoms with E-state index in [-0.39, 0.29) is 18.6 Å². The number of thiazole rings is 1. The molecule has 1 aromatic rings. The second kappa shape index (κ2) is 7.23. The van der Waals surface area contributed by atoms with Gasteiger partial charge in [0.15, 0.2) is 5.92 Å². The van der Waals surface area contributed by atoms with Crippen LogP contribution in [0, 0.1) is 5.92 Å². The van der Waals surface area contributed by atoms with Crippen LogP contribution in [-0.4, -0.2) is 29.1 Å². The molecule has 0 saturated carbocycles. The van der Waals surface area contributed by atoms with Gasteiger partial charge in [-0.2, -0.15) is 0 Å². The van der Waals surface area contributed by atoms with Crippen molar-refractivity contribution < 1.29 is 19.1 Å². The number of carbonyl (C=O) groups is 2. The number of hydrogen-bond acceptors (Lipinski definition) is 6. The van der Waals surface area contributed by atoms with Gasteiger partial charge in [0, 0.05) is 18.0 Å². The fourth-order valence-electron chi connectivity index (χ4n) is 1.42. The van der Waals surface area contributed by atoms with E-state index in [1.165, 1.54) is 11.3 Å². The summed E-state index contributed by atoms with van der Waals surface area (Å²) in [5.41, 5.74) is 0. The number of aromatic nitrogens is 1. The number of esters is 2. The van der Waals surface area contributed by atoms with E-state index in [0.29, 0.717) is 5.01 Å². The molecule has 1 rings (SSSR count). The molecule has 0 amide bonds. The molecule has 0 fully saturated rings. The summed E-state index contributed by atoms with van der Waals surface area (Å²) < 4.78 is 10.2. The molecular weight excluding hydrogens is 266 g/mol. The van der Waals surface area contributed by atoms with Gasteiger partial charge in [-0.3, -0.25) is 9.59 Å². The SMILES string of the molecule is CC(C)OC(=O)C(Cc1nccs1)C(=O)OC(C)C. The van der Waals surface area contributed by atoms with Gasteiger partial charge in [-0.15, -0.1) is 11.3 Å². The first-order chi connectivity index (χ1) is 8.90. The average molecular weight is 285 g/mol. The molecule has 0 aromatic carbocycles. The molecule has 0 unspecified atom stereocenters. The summed E-state index contributed by atoms with van der Waals surface area (Å²) in [6.45, 7) is 6.97. The Labute approximate surface area is 116 Å². The van der Waals surface area contributed by atoms with Crippen LogP contribution in [0.1, 0.15) is 32.7 Å². The largest absolute Gasteiger partial charge is 0.462 e. The summed E-state index contributed by atoms with van der Waals surface area (Å²) in [7, 11) is 0. The zero-order chi connectivity index (χ0) is 14.4. The topological polar surface area (TPSA) is 65.5 Å². The predicted octanol–water partition coefficient (Wildman–Crippen LogP) is 2.21. The van der Waals surface area contributed by atoms with Gasteiger partial charge >= 0.3 is 11.9 Å². The zero-order valence-electron chi connectivity index (χ0n) is 11.6. The zero-order valence-corrected chi connectivity index (χ0v) is 12.4. The van der Waals surface area contributed by atoms with E-state index in [1.54, 1.807) is 39.3 Å². The molecule has 0 aliphatic carbocycles. The summed E-state index contributed by atoms with van der Waals surface area (Å²) in [6.07, 6.45) is 1.32. The lowest BCUT2D eigenvalue weighted by molar-refractivity contribution is -0.166. The molecule has 0 aliphatic heterocycles. The molecule has 5 nitrogen and oxygen atoms in total. The van der Waals surface area contributed by atoms with Gasteiger partial charge < -0.3 is 9.47 Å². The van der Waals surface area contributed by atoms with Crippen LogP contribution in [0.4, 0.5) is 0 Å². The summed E-state index contributed by atoms with van der Waals surface area (Å²) in [4.78, 5) is 28.0. The van der Waals surface area contributed by atoms with Crippen molar-refractivity contribution in [3.8, 4) is 0 Å². The van der Waals surface area contributed by atoms with E-state index >= 15 is 0 Å². The quantitative estimate of drug-likeness (QED) is 0.592. The lowest BCUT2D eigenvalue weighted by Crippen LogP contribution is -2.32. The Kier molecular flexibility index (Phi) is 5.95. The maximum Gasteiger partial charge on any atom is 0.321 e. The Morgan fingerprint density at radius 3 is 2.05 bits per heavy atom. The third-order valence-electron chi connectivity index (χ3n) is 2.13. The molecule has 1 heterocycles. The second-order valence-corrected chi connectivity index (χ2v) is 5.63. The molecule has 6 heteroatoms. The first kappa shape index (κ1) is 15.6. The Morgan fingerprint density at radius 1 is 1.16 bits per heavy atom. The van der Waals surface area contributed by atoms with Crippen molar-refractivity contribution in [2.24, 2.45) is 5.92 Å². The van der Waals surface area contributed by atoms with E-state index in [9.17, 15) is 9.59 Å². The minimum atomic E-state index is -0.948. The minimum absolute atomic E-state index is 0.217. The molecule has 0 bridgehead atoms. The van der Waals surface area contributed by atoms with Gasteiger partial charge in [-0.25, -0.2) is 4.98 Å². The van der Waals surface area contributed by atoms with Crippen LogP contribution >= 0.6 is 11.3 Å². The molecule has 0 saturated heterocycles. The van der Waals surface area contributed by atoms with Gasteiger partial charge in [-0.1, -0.05) is 0 Å². The molecule has 0 atom stereocenters. The molecular formula is C13H19NO4S. The number of ether oxygens (including phenoxy) is 2. The molecule has 0 spiro atoms. The Morgan fingerprint density at radius 2 is 1.68 bits per heavy atom. The summed E-state index contributed by atoms with van der Waals surface area (Å²) in [5, 5.41) is 2.51. The number of carbonyl (C=O) groups excluding carboxylic acids is 2. The van der Waals surface area contributed by atoms with Gasteiger partial charge in [0.1, 0.15) is 0 Å². The van der Waals surface area contributed by atoms with E-state index < -0.39 is 17.9 Å². The van der Waals surface area contributed by atoms with Crippen LogP contribution in [0.2, 0.25) is 0 Å². The van der Waals surface area contributed by atoms with Crippen LogP contribution in [-0.2, 0) is 25.5 Å². The van der Waals surface area contributed by atoms with Crippen molar-refractivity contribution in [2.45, 2.75) is 46.3 Å². The van der Waals surface area contributed by atoms with Gasteiger partial charge in [0.05, 0.1) is 17.2 Å². The number of rotatable bonds is 6. The Balaban J connectivity index is 2.77. The fraction of sp³-hybridized carbons (Fsp3) is 0.615. The molecule has 1 aromatic heterocycles. The maximum atomic E-state index is 12.0. The van der Waals surface area contributed by atoms with E-state index in [0.717, 1.165) is 0 Å². The average Bonchev–Trinajstić information content (AvgIpc) is 2.76. The highest BCUT2D eigenvalue weighted by Crippen LogP contribution is 2.16. The second-order valence-electron chi connectivity index (χ2n) is 4.65. The molecule has 0 radical (unpaired) electrons. The van der Waals surface area contributed by atoms with Gasteiger partial charge in [0.25, 0.3) is 0 Å². The highest BCUT2D eigenvalue weighted by molar-refractivity contribution is 7.09. The standard InChI is InChI=1S/C13H19NO4S/c1-8(2)17-12(15)10(13(16)18-9(3)4)7-11-14-5-6-19-11/h5-6,8-10H,7H2,1-4H3. The monoisotopic (exact) mass is 285 g/mol. The van der Waals surface area contributed by atoms with Gasteiger partial charge in [0.2, 0.25) is 0 Å². The number of nitrogens with zero attached hydrogens (tertiary/aromatic N) is 1. The Hall–Kier alpha value is -1.43. The first-order valence-electron chi connectivity index (χ1n) is 6.19. The summed E-state index contributed by atoms with van der Waals surface area (Å²) in [6, 6.07) is 0. The predicted molar refractivity (Wildman–Crippen MR) is 71.8 cm³/mol.